The molecule has 25 heavy (non-hydrogen) atoms. The second-order valence-corrected chi connectivity index (χ2v) is 7.93. The van der Waals surface area contributed by atoms with Gasteiger partial charge in [-0.15, -0.1) is 0 Å². The van der Waals surface area contributed by atoms with Crippen LogP contribution in [0.25, 0.3) is 0 Å². The monoisotopic (exact) mass is 360 g/mol. The molecule has 0 aromatic carbocycles. The van der Waals surface area contributed by atoms with Gasteiger partial charge in [-0.25, -0.2) is 8.78 Å². The van der Waals surface area contributed by atoms with Gasteiger partial charge in [-0.2, -0.15) is 0 Å². The predicted molar refractivity (Wildman–Crippen MR) is 93.5 cm³/mol. The Balaban J connectivity index is 1.91. The summed E-state index contributed by atoms with van der Waals surface area (Å²) in [6.07, 6.45) is 7.19. The molecule has 2 fully saturated rings. The smallest absolute Gasteiger partial charge is 0.300 e. The Hall–Kier alpha value is -0.550. The second-order valence-electron chi connectivity index (χ2n) is 7.93. The summed E-state index contributed by atoms with van der Waals surface area (Å²) in [5.74, 6) is -5.59. The number of aliphatic hydroxyl groups is 1. The van der Waals surface area contributed by atoms with E-state index in [1.165, 1.54) is 19.3 Å². The predicted octanol–water partition coefficient (Wildman–Crippen LogP) is 5.25. The Labute approximate surface area is 150 Å². The summed E-state index contributed by atoms with van der Waals surface area (Å²) in [5.41, 5.74) is 0. The SMILES string of the molecule is CCCCCCC[C@H]1C(=O)C[C@H]2O[C@@](O)(C(F)(F)CCCC)CC[C@@H]21. The van der Waals surface area contributed by atoms with Crippen molar-refractivity contribution in [3.05, 3.63) is 0 Å². The lowest BCUT2D eigenvalue weighted by Crippen LogP contribution is -2.55. The van der Waals surface area contributed by atoms with Crippen LogP contribution in [0.3, 0.4) is 0 Å². The van der Waals surface area contributed by atoms with Gasteiger partial charge in [0.2, 0.25) is 5.79 Å². The van der Waals surface area contributed by atoms with Crippen LogP contribution in [0.2, 0.25) is 0 Å². The summed E-state index contributed by atoms with van der Waals surface area (Å²) in [4.78, 5) is 12.3. The highest BCUT2D eigenvalue weighted by molar-refractivity contribution is 5.84. The molecule has 1 saturated carbocycles. The molecule has 0 bridgehead atoms. The minimum Gasteiger partial charge on any atom is -0.361 e. The van der Waals surface area contributed by atoms with Gasteiger partial charge in [0, 0.05) is 25.2 Å². The zero-order chi connectivity index (χ0) is 18.5. The number of ketones is 1. The van der Waals surface area contributed by atoms with Crippen LogP contribution < -0.4 is 0 Å². The van der Waals surface area contributed by atoms with Crippen LogP contribution in [0.1, 0.15) is 90.9 Å². The summed E-state index contributed by atoms with van der Waals surface area (Å²) >= 11 is 0. The van der Waals surface area contributed by atoms with Crippen LogP contribution in [0.5, 0.6) is 0 Å². The lowest BCUT2D eigenvalue weighted by Gasteiger charge is -2.43. The van der Waals surface area contributed by atoms with E-state index in [0.717, 1.165) is 19.3 Å². The number of Topliss-reactive ketones (excluding diaryl/α,β-unsaturated/α-hetero) is 1. The maximum Gasteiger partial charge on any atom is 0.300 e. The molecule has 1 heterocycles. The van der Waals surface area contributed by atoms with Crippen LogP contribution in [0, 0.1) is 11.8 Å². The first-order chi connectivity index (χ1) is 11.8. The van der Waals surface area contributed by atoms with Gasteiger partial charge < -0.3 is 9.84 Å². The number of hydrogen-bond donors (Lipinski definition) is 1. The molecule has 0 radical (unpaired) electrons. The topological polar surface area (TPSA) is 46.5 Å². The van der Waals surface area contributed by atoms with Gasteiger partial charge in [-0.1, -0.05) is 52.4 Å². The molecule has 1 saturated heterocycles. The summed E-state index contributed by atoms with van der Waals surface area (Å²) in [6.45, 7) is 4.01. The summed E-state index contributed by atoms with van der Waals surface area (Å²) < 4.78 is 34.3. The number of alkyl halides is 2. The number of hydrogen-bond acceptors (Lipinski definition) is 3. The molecule has 1 N–H and O–H groups in total. The van der Waals surface area contributed by atoms with E-state index in [-0.39, 0.29) is 36.9 Å². The van der Waals surface area contributed by atoms with Crippen molar-refractivity contribution in [3.8, 4) is 0 Å². The van der Waals surface area contributed by atoms with Gasteiger partial charge in [0.1, 0.15) is 5.78 Å². The van der Waals surface area contributed by atoms with Crippen LogP contribution in [-0.2, 0) is 9.53 Å². The number of carbonyl (C=O) groups is 1. The van der Waals surface area contributed by atoms with E-state index in [0.29, 0.717) is 19.3 Å². The fraction of sp³-hybridized carbons (Fsp3) is 0.950. The summed E-state index contributed by atoms with van der Waals surface area (Å²) in [5, 5.41) is 10.4. The number of halogens is 2. The zero-order valence-corrected chi connectivity index (χ0v) is 15.7. The first kappa shape index (κ1) is 20.8. The third-order valence-corrected chi connectivity index (χ3v) is 6.01. The Morgan fingerprint density at radius 3 is 2.52 bits per heavy atom. The van der Waals surface area contributed by atoms with Crippen LogP contribution >= 0.6 is 0 Å². The summed E-state index contributed by atoms with van der Waals surface area (Å²) in [7, 11) is 0. The molecule has 0 spiro atoms. The number of unbranched alkanes of at least 4 members (excludes halogenated alkanes) is 5. The lowest BCUT2D eigenvalue weighted by atomic mass is 9.81. The maximum absolute atomic E-state index is 14.4. The fourth-order valence-corrected chi connectivity index (χ4v) is 4.39. The van der Waals surface area contributed by atoms with Gasteiger partial charge in [-0.05, 0) is 25.2 Å². The molecular weight excluding hydrogens is 326 g/mol. The van der Waals surface area contributed by atoms with E-state index in [1.807, 2.05) is 6.92 Å². The minimum atomic E-state index is -3.25. The standard InChI is InChI=1S/C20H34F2O3/c1-3-5-7-8-9-10-15-16-11-13-20(24,19(21,22)12-6-4-2)25-18(16)14-17(15)23/h15-16,18,24H,3-14H2,1-2H3/t15-,16-,18-,20-/m1/s1. The van der Waals surface area contributed by atoms with Crippen molar-refractivity contribution in [1.82, 2.24) is 0 Å². The molecule has 5 heteroatoms. The molecule has 0 amide bonds. The van der Waals surface area contributed by atoms with Crippen molar-refractivity contribution in [2.45, 2.75) is 109 Å². The van der Waals surface area contributed by atoms with Gasteiger partial charge >= 0.3 is 5.92 Å². The van der Waals surface area contributed by atoms with Crippen molar-refractivity contribution >= 4 is 5.78 Å². The van der Waals surface area contributed by atoms with Gasteiger partial charge in [-0.3, -0.25) is 4.79 Å². The Morgan fingerprint density at radius 1 is 1.16 bits per heavy atom. The van der Waals surface area contributed by atoms with E-state index >= 15 is 0 Å². The van der Waals surface area contributed by atoms with Gasteiger partial charge in [0.25, 0.3) is 0 Å². The normalized spacial score (nSPS) is 32.8. The van der Waals surface area contributed by atoms with Crippen molar-refractivity contribution in [1.29, 1.82) is 0 Å². The van der Waals surface area contributed by atoms with Crippen LogP contribution in [0.4, 0.5) is 8.78 Å². The van der Waals surface area contributed by atoms with E-state index < -0.39 is 17.8 Å². The molecule has 0 aromatic rings. The van der Waals surface area contributed by atoms with Crippen LogP contribution in [0.15, 0.2) is 0 Å². The minimum absolute atomic E-state index is 0.000857. The lowest BCUT2D eigenvalue weighted by molar-refractivity contribution is -0.356. The highest BCUT2D eigenvalue weighted by Gasteiger charge is 2.59. The number of fused-ring (bicyclic) bond motifs is 1. The Kier molecular flexibility index (Phi) is 7.39. The molecule has 4 atom stereocenters. The van der Waals surface area contributed by atoms with Gasteiger partial charge in [0.05, 0.1) is 6.10 Å². The van der Waals surface area contributed by atoms with Crippen molar-refractivity contribution in [2.75, 3.05) is 0 Å². The van der Waals surface area contributed by atoms with E-state index in [1.54, 1.807) is 0 Å². The quantitative estimate of drug-likeness (QED) is 0.542. The first-order valence-corrected chi connectivity index (χ1v) is 10.2. The average Bonchev–Trinajstić information content (AvgIpc) is 2.87. The molecule has 3 nitrogen and oxygen atoms in total. The number of ether oxygens (including phenoxy) is 1. The molecule has 0 unspecified atom stereocenters. The highest BCUT2D eigenvalue weighted by Crippen LogP contribution is 2.49. The van der Waals surface area contributed by atoms with E-state index in [9.17, 15) is 18.7 Å². The first-order valence-electron chi connectivity index (χ1n) is 10.2. The summed E-state index contributed by atoms with van der Waals surface area (Å²) in [6, 6.07) is 0. The number of rotatable bonds is 10. The van der Waals surface area contributed by atoms with Crippen LogP contribution in [-0.4, -0.2) is 28.7 Å². The third-order valence-electron chi connectivity index (χ3n) is 6.01. The molecule has 1 aliphatic carbocycles. The third kappa shape index (κ3) is 4.79. The second kappa shape index (κ2) is 8.90. The average molecular weight is 360 g/mol. The van der Waals surface area contributed by atoms with Crippen molar-refractivity contribution in [2.24, 2.45) is 11.8 Å². The fourth-order valence-electron chi connectivity index (χ4n) is 4.39. The Morgan fingerprint density at radius 2 is 1.84 bits per heavy atom. The largest absolute Gasteiger partial charge is 0.361 e. The molecular formula is C20H34F2O3. The molecule has 0 aromatic heterocycles. The van der Waals surface area contributed by atoms with E-state index in [4.69, 9.17) is 4.74 Å². The molecule has 146 valence electrons. The van der Waals surface area contributed by atoms with E-state index in [2.05, 4.69) is 6.92 Å². The Bertz CT molecular complexity index is 441. The van der Waals surface area contributed by atoms with Crippen molar-refractivity contribution < 1.29 is 23.4 Å². The maximum atomic E-state index is 14.4. The van der Waals surface area contributed by atoms with Gasteiger partial charge in [0.15, 0.2) is 0 Å². The molecule has 2 rings (SSSR count). The molecule has 1 aliphatic heterocycles. The highest BCUT2D eigenvalue weighted by atomic mass is 19.3. The number of carbonyl (C=O) groups excluding carboxylic acids is 1. The van der Waals surface area contributed by atoms with Crippen molar-refractivity contribution in [3.63, 3.8) is 0 Å². The molecule has 2 aliphatic rings. The zero-order valence-electron chi connectivity index (χ0n) is 15.7.